The van der Waals surface area contributed by atoms with Gasteiger partial charge in [-0.2, -0.15) is 26.3 Å². The molecule has 0 saturated carbocycles. The Kier molecular flexibility index (Phi) is 5.86. The normalized spacial score (nSPS) is 13.1. The maximum atomic E-state index is 12.5. The maximum Gasteiger partial charge on any atom is 0.422 e. The third-order valence-corrected chi connectivity index (χ3v) is 3.15. The number of halogens is 6. The molecule has 0 aliphatic heterocycles. The molecule has 0 unspecified atom stereocenters. The molecule has 0 radical (unpaired) electrons. The minimum Gasteiger partial charge on any atom is -0.467 e. The first kappa shape index (κ1) is 20.4. The van der Waals surface area contributed by atoms with E-state index in [0.717, 1.165) is 24.5 Å². The van der Waals surface area contributed by atoms with Gasteiger partial charge in [-0.15, -0.1) is 0 Å². The predicted octanol–water partition coefficient (Wildman–Crippen LogP) is 3.32. The fourth-order valence-electron chi connectivity index (χ4n) is 1.82. The van der Waals surface area contributed by atoms with Crippen LogP contribution in [-0.4, -0.2) is 33.6 Å². The number of rotatable bonds is 5. The Bertz CT molecular complexity index is 775. The Morgan fingerprint density at radius 2 is 1.78 bits per heavy atom. The van der Waals surface area contributed by atoms with Crippen LogP contribution in [0.1, 0.15) is 34.7 Å². The molecule has 0 aliphatic rings. The molecular weight excluding hydrogens is 382 g/mol. The van der Waals surface area contributed by atoms with Crippen molar-refractivity contribution in [2.75, 3.05) is 6.61 Å². The summed E-state index contributed by atoms with van der Waals surface area (Å²) in [5, 5.41) is 2.44. The third kappa shape index (κ3) is 6.08. The summed E-state index contributed by atoms with van der Waals surface area (Å²) < 4.78 is 78.0. The molecule has 1 amide bonds. The lowest BCUT2D eigenvalue weighted by Gasteiger charge is -2.14. The van der Waals surface area contributed by atoms with Crippen molar-refractivity contribution in [1.82, 2.24) is 20.3 Å². The number of alkyl halides is 6. The van der Waals surface area contributed by atoms with E-state index >= 15 is 0 Å². The minimum absolute atomic E-state index is 0.203. The Morgan fingerprint density at radius 3 is 2.26 bits per heavy atom. The summed E-state index contributed by atoms with van der Waals surface area (Å²) in [4.78, 5) is 23.0. The van der Waals surface area contributed by atoms with Crippen LogP contribution in [0, 0.1) is 0 Å². The van der Waals surface area contributed by atoms with Crippen molar-refractivity contribution >= 4 is 5.91 Å². The molecule has 2 heterocycles. The van der Waals surface area contributed by atoms with E-state index in [2.05, 4.69) is 25.0 Å². The molecule has 27 heavy (non-hydrogen) atoms. The molecule has 0 saturated heterocycles. The lowest BCUT2D eigenvalue weighted by Crippen LogP contribution is -2.28. The number of nitrogens with zero attached hydrogens (tertiary/aromatic N) is 3. The number of nitrogens with one attached hydrogen (secondary N) is 1. The highest BCUT2D eigenvalue weighted by atomic mass is 19.4. The van der Waals surface area contributed by atoms with E-state index in [0.29, 0.717) is 6.20 Å². The number of carbonyl (C=O) groups is 1. The average molecular weight is 394 g/mol. The first-order valence-corrected chi connectivity index (χ1v) is 7.31. The highest BCUT2D eigenvalue weighted by molar-refractivity contribution is 5.92. The molecule has 2 aromatic heterocycles. The van der Waals surface area contributed by atoms with Gasteiger partial charge in [0.2, 0.25) is 5.88 Å². The summed E-state index contributed by atoms with van der Waals surface area (Å²) in [5.41, 5.74) is -1.03. The molecule has 2 aromatic rings. The molecule has 0 spiro atoms. The number of pyridine rings is 1. The van der Waals surface area contributed by atoms with Crippen LogP contribution in [0.15, 0.2) is 30.7 Å². The summed E-state index contributed by atoms with van der Waals surface area (Å²) in [5.74, 6) is -1.10. The van der Waals surface area contributed by atoms with Crippen LogP contribution in [-0.2, 0) is 6.18 Å². The van der Waals surface area contributed by atoms with Crippen molar-refractivity contribution < 1.29 is 35.9 Å². The molecule has 0 aromatic carbocycles. The van der Waals surface area contributed by atoms with Gasteiger partial charge in [0.15, 0.2) is 6.61 Å². The van der Waals surface area contributed by atoms with Crippen molar-refractivity contribution in [3.05, 3.63) is 47.7 Å². The number of hydrogen-bond donors (Lipinski definition) is 1. The summed E-state index contributed by atoms with van der Waals surface area (Å²) in [6, 6.07) is 0.912. The van der Waals surface area contributed by atoms with Gasteiger partial charge >= 0.3 is 12.4 Å². The molecule has 2 rings (SSSR count). The van der Waals surface area contributed by atoms with Crippen LogP contribution < -0.4 is 10.1 Å². The van der Waals surface area contributed by atoms with Crippen LogP contribution >= 0.6 is 0 Å². The number of amides is 1. The summed E-state index contributed by atoms with van der Waals surface area (Å²) >= 11 is 0. The van der Waals surface area contributed by atoms with Crippen LogP contribution in [0.5, 0.6) is 5.88 Å². The van der Waals surface area contributed by atoms with E-state index in [9.17, 15) is 31.1 Å². The van der Waals surface area contributed by atoms with Gasteiger partial charge in [0.1, 0.15) is 5.69 Å². The highest BCUT2D eigenvalue weighted by Gasteiger charge is 2.31. The van der Waals surface area contributed by atoms with E-state index in [1.807, 2.05) is 0 Å². The molecule has 1 N–H and O–H groups in total. The zero-order valence-electron chi connectivity index (χ0n) is 13.6. The molecule has 0 bridgehead atoms. The van der Waals surface area contributed by atoms with Crippen LogP contribution in [0.25, 0.3) is 0 Å². The highest BCUT2D eigenvalue weighted by Crippen LogP contribution is 2.28. The predicted molar refractivity (Wildman–Crippen MR) is 78.7 cm³/mol. The molecule has 0 aliphatic carbocycles. The minimum atomic E-state index is -4.57. The van der Waals surface area contributed by atoms with Gasteiger partial charge in [0, 0.05) is 6.20 Å². The fraction of sp³-hybridized carbons (Fsp3) is 0.333. The second-order valence-electron chi connectivity index (χ2n) is 5.31. The SMILES string of the molecule is C[C@@H](NC(=O)c1ccc(C(F)(F)F)cn1)c1cnc(OCC(F)(F)F)cn1. The van der Waals surface area contributed by atoms with Crippen molar-refractivity contribution in [2.45, 2.75) is 25.3 Å². The standard InChI is InChI=1S/C15H12F6N4O2/c1-8(11-5-24-12(6-23-11)27-7-14(16,17)18)25-13(26)10-3-2-9(4-22-10)15(19,20)21/h2-6,8H,7H2,1H3,(H,25,26)/t8-/m1/s1. The van der Waals surface area contributed by atoms with Gasteiger partial charge in [-0.25, -0.2) is 4.98 Å². The van der Waals surface area contributed by atoms with E-state index in [1.54, 1.807) is 0 Å². The zero-order chi connectivity index (χ0) is 20.2. The van der Waals surface area contributed by atoms with Gasteiger partial charge in [0.25, 0.3) is 5.91 Å². The van der Waals surface area contributed by atoms with Gasteiger partial charge < -0.3 is 10.1 Å². The molecule has 1 atom stereocenters. The Labute approximate surface area is 148 Å². The molecule has 146 valence electrons. The number of ether oxygens (including phenoxy) is 1. The lowest BCUT2D eigenvalue weighted by molar-refractivity contribution is -0.154. The van der Waals surface area contributed by atoms with Crippen LogP contribution in [0.3, 0.4) is 0 Å². The van der Waals surface area contributed by atoms with Gasteiger partial charge in [0.05, 0.1) is 29.7 Å². The maximum absolute atomic E-state index is 12.5. The smallest absolute Gasteiger partial charge is 0.422 e. The van der Waals surface area contributed by atoms with E-state index in [1.165, 1.54) is 6.92 Å². The average Bonchev–Trinajstić information content (AvgIpc) is 2.59. The second-order valence-corrected chi connectivity index (χ2v) is 5.31. The second kappa shape index (κ2) is 7.76. The Hall–Kier alpha value is -2.92. The number of carbonyl (C=O) groups excluding carboxylic acids is 1. The third-order valence-electron chi connectivity index (χ3n) is 3.15. The monoisotopic (exact) mass is 394 g/mol. The molecule has 6 nitrogen and oxygen atoms in total. The van der Waals surface area contributed by atoms with Crippen LogP contribution in [0.2, 0.25) is 0 Å². The molecule has 12 heteroatoms. The van der Waals surface area contributed by atoms with E-state index in [4.69, 9.17) is 0 Å². The summed E-state index contributed by atoms with van der Waals surface area (Å²) in [6.45, 7) is -0.0187. The Morgan fingerprint density at radius 1 is 1.07 bits per heavy atom. The number of aromatic nitrogens is 3. The Balaban J connectivity index is 1.97. The first-order valence-electron chi connectivity index (χ1n) is 7.31. The zero-order valence-corrected chi connectivity index (χ0v) is 13.6. The summed E-state index contributed by atoms with van der Waals surface area (Å²) in [6.07, 6.45) is -6.49. The van der Waals surface area contributed by atoms with Crippen LogP contribution in [0.4, 0.5) is 26.3 Å². The number of hydrogen-bond acceptors (Lipinski definition) is 5. The van der Waals surface area contributed by atoms with Crippen molar-refractivity contribution in [1.29, 1.82) is 0 Å². The van der Waals surface area contributed by atoms with Gasteiger partial charge in [-0.05, 0) is 19.1 Å². The summed E-state index contributed by atoms with van der Waals surface area (Å²) in [7, 11) is 0. The van der Waals surface area contributed by atoms with E-state index < -0.39 is 36.5 Å². The topological polar surface area (TPSA) is 77.0 Å². The van der Waals surface area contributed by atoms with E-state index in [-0.39, 0.29) is 17.3 Å². The van der Waals surface area contributed by atoms with Crippen molar-refractivity contribution in [3.8, 4) is 5.88 Å². The first-order chi connectivity index (χ1) is 12.5. The largest absolute Gasteiger partial charge is 0.467 e. The quantitative estimate of drug-likeness (QED) is 0.788. The molecular formula is C15H12F6N4O2. The van der Waals surface area contributed by atoms with Gasteiger partial charge in [-0.1, -0.05) is 0 Å². The van der Waals surface area contributed by atoms with Crippen molar-refractivity contribution in [2.24, 2.45) is 0 Å². The van der Waals surface area contributed by atoms with Gasteiger partial charge in [-0.3, -0.25) is 14.8 Å². The van der Waals surface area contributed by atoms with Crippen molar-refractivity contribution in [3.63, 3.8) is 0 Å². The molecule has 0 fully saturated rings. The fourth-order valence-corrected chi connectivity index (χ4v) is 1.82. The lowest BCUT2D eigenvalue weighted by atomic mass is 10.2.